The molecule has 10 unspecified atom stereocenters. The standard InChI is InChI=1S/C15H28N2OS/c1-6-7(2)11-12-13(8(6)3)16-17-19-15(12)10(5)9(4)14(11)18/h6-18H,1-5H3. The summed E-state index contributed by atoms with van der Waals surface area (Å²) in [6.45, 7) is 11.6. The zero-order valence-corrected chi connectivity index (χ0v) is 13.4. The van der Waals surface area contributed by atoms with Crippen LogP contribution in [0.15, 0.2) is 0 Å². The molecule has 2 saturated carbocycles. The van der Waals surface area contributed by atoms with Gasteiger partial charge in [0.2, 0.25) is 0 Å². The third-order valence-corrected chi connectivity index (χ3v) is 8.02. The fourth-order valence-corrected chi connectivity index (χ4v) is 6.26. The van der Waals surface area contributed by atoms with Crippen molar-refractivity contribution in [3.63, 3.8) is 0 Å². The van der Waals surface area contributed by atoms with Crippen molar-refractivity contribution in [2.75, 3.05) is 0 Å². The Balaban J connectivity index is 1.99. The minimum absolute atomic E-state index is 0.135. The molecule has 0 spiro atoms. The first-order valence-corrected chi connectivity index (χ1v) is 8.67. The lowest BCUT2D eigenvalue weighted by Gasteiger charge is -2.60. The second-order valence-corrected chi connectivity index (χ2v) is 8.28. The van der Waals surface area contributed by atoms with E-state index >= 15 is 0 Å². The number of aliphatic hydroxyl groups is 1. The summed E-state index contributed by atoms with van der Waals surface area (Å²) in [6, 6.07) is 0.507. The van der Waals surface area contributed by atoms with Crippen LogP contribution in [0.2, 0.25) is 0 Å². The van der Waals surface area contributed by atoms with Crippen molar-refractivity contribution < 1.29 is 5.11 Å². The highest BCUT2D eigenvalue weighted by Gasteiger charge is 2.57. The molecule has 0 bridgehead atoms. The van der Waals surface area contributed by atoms with Crippen LogP contribution in [0.5, 0.6) is 0 Å². The van der Waals surface area contributed by atoms with Crippen molar-refractivity contribution >= 4 is 11.9 Å². The van der Waals surface area contributed by atoms with Gasteiger partial charge in [0, 0.05) is 11.3 Å². The van der Waals surface area contributed by atoms with Gasteiger partial charge in [0.1, 0.15) is 0 Å². The summed E-state index contributed by atoms with van der Waals surface area (Å²) in [5.74, 6) is 3.99. The van der Waals surface area contributed by atoms with E-state index in [-0.39, 0.29) is 6.10 Å². The Morgan fingerprint density at radius 1 is 0.789 bits per heavy atom. The van der Waals surface area contributed by atoms with Crippen LogP contribution in [0.1, 0.15) is 34.6 Å². The fourth-order valence-electron chi connectivity index (χ4n) is 4.95. The third-order valence-electron chi connectivity index (χ3n) is 6.77. The molecule has 0 aromatic heterocycles. The van der Waals surface area contributed by atoms with E-state index in [4.69, 9.17) is 0 Å². The Hall–Kier alpha value is 0.230. The lowest BCUT2D eigenvalue weighted by atomic mass is 9.52. The molecule has 0 radical (unpaired) electrons. The van der Waals surface area contributed by atoms with Crippen LogP contribution in [0.25, 0.3) is 0 Å². The zero-order valence-electron chi connectivity index (χ0n) is 12.6. The maximum absolute atomic E-state index is 10.8. The first-order valence-electron chi connectivity index (χ1n) is 7.79. The summed E-state index contributed by atoms with van der Waals surface area (Å²) >= 11 is 1.85. The SMILES string of the molecule is CC1C(C)C2NNSC3C(C)C(C)C(O)C(C1C)C23. The molecule has 110 valence electrons. The molecule has 10 atom stereocenters. The highest BCUT2D eigenvalue weighted by Crippen LogP contribution is 2.55. The second-order valence-electron chi connectivity index (χ2n) is 7.30. The van der Waals surface area contributed by atoms with Crippen LogP contribution in [0.4, 0.5) is 0 Å². The summed E-state index contributed by atoms with van der Waals surface area (Å²) in [5, 5.41) is 11.4. The van der Waals surface area contributed by atoms with Crippen molar-refractivity contribution in [1.29, 1.82) is 0 Å². The summed E-state index contributed by atoms with van der Waals surface area (Å²) in [7, 11) is 0. The van der Waals surface area contributed by atoms with Crippen LogP contribution in [-0.2, 0) is 0 Å². The lowest BCUT2D eigenvalue weighted by Crippen LogP contribution is -2.68. The van der Waals surface area contributed by atoms with Gasteiger partial charge in [-0.15, -0.1) is 0 Å². The Kier molecular flexibility index (Phi) is 3.66. The van der Waals surface area contributed by atoms with E-state index in [1.54, 1.807) is 0 Å². The van der Waals surface area contributed by atoms with Gasteiger partial charge < -0.3 is 5.11 Å². The fraction of sp³-hybridized carbons (Fsp3) is 1.00. The summed E-state index contributed by atoms with van der Waals surface area (Å²) in [4.78, 5) is 3.36. The molecule has 3 aliphatic rings. The van der Waals surface area contributed by atoms with Crippen molar-refractivity contribution in [2.24, 2.45) is 41.4 Å². The van der Waals surface area contributed by atoms with Crippen molar-refractivity contribution in [2.45, 2.75) is 52.0 Å². The van der Waals surface area contributed by atoms with Gasteiger partial charge in [0.25, 0.3) is 0 Å². The largest absolute Gasteiger partial charge is 0.393 e. The van der Waals surface area contributed by atoms with E-state index in [0.717, 1.165) is 0 Å². The van der Waals surface area contributed by atoms with Gasteiger partial charge in [-0.25, -0.2) is 10.3 Å². The molecule has 3 nitrogen and oxygen atoms in total. The molecule has 1 saturated heterocycles. The molecule has 2 aliphatic carbocycles. The van der Waals surface area contributed by atoms with Crippen molar-refractivity contribution in [1.82, 2.24) is 10.3 Å². The average molecular weight is 284 g/mol. The second kappa shape index (κ2) is 4.90. The third kappa shape index (κ3) is 1.90. The Bertz CT molecular complexity index is 323. The van der Waals surface area contributed by atoms with Crippen LogP contribution < -0.4 is 10.3 Å². The highest BCUT2D eigenvalue weighted by molar-refractivity contribution is 7.98. The number of aliphatic hydroxyl groups excluding tert-OH is 1. The smallest absolute Gasteiger partial charge is 0.0603 e. The monoisotopic (exact) mass is 284 g/mol. The van der Waals surface area contributed by atoms with Gasteiger partial charge in [0.05, 0.1) is 6.10 Å². The number of hydrogen-bond acceptors (Lipinski definition) is 4. The van der Waals surface area contributed by atoms with Crippen LogP contribution in [0, 0.1) is 41.4 Å². The van der Waals surface area contributed by atoms with Gasteiger partial charge in [-0.2, -0.15) is 0 Å². The highest BCUT2D eigenvalue weighted by atomic mass is 32.2. The van der Waals surface area contributed by atoms with Crippen LogP contribution in [-0.4, -0.2) is 22.5 Å². The molecule has 19 heavy (non-hydrogen) atoms. The number of nitrogens with one attached hydrogen (secondary N) is 2. The van der Waals surface area contributed by atoms with Gasteiger partial charge in [0.15, 0.2) is 0 Å². The van der Waals surface area contributed by atoms with Gasteiger partial charge in [-0.3, -0.25) is 0 Å². The summed E-state index contributed by atoms with van der Waals surface area (Å²) in [5.41, 5.74) is 3.51. The Morgan fingerprint density at radius 3 is 2.16 bits per heavy atom. The summed E-state index contributed by atoms with van der Waals surface area (Å²) < 4.78 is 0. The maximum atomic E-state index is 10.8. The number of hydrazine groups is 1. The molecule has 4 heteroatoms. The molecular weight excluding hydrogens is 256 g/mol. The molecule has 0 aromatic carbocycles. The average Bonchev–Trinajstić information content (AvgIpc) is 2.41. The molecular formula is C15H28N2OS. The van der Waals surface area contributed by atoms with E-state index in [1.165, 1.54) is 0 Å². The van der Waals surface area contributed by atoms with E-state index in [9.17, 15) is 5.11 Å². The van der Waals surface area contributed by atoms with E-state index in [2.05, 4.69) is 44.9 Å². The minimum Gasteiger partial charge on any atom is -0.393 e. The normalized spacial score (nSPS) is 61.6. The van der Waals surface area contributed by atoms with E-state index in [0.29, 0.717) is 52.7 Å². The van der Waals surface area contributed by atoms with E-state index < -0.39 is 0 Å². The molecule has 1 aliphatic heterocycles. The molecule has 1 heterocycles. The van der Waals surface area contributed by atoms with Crippen molar-refractivity contribution in [3.8, 4) is 0 Å². The van der Waals surface area contributed by atoms with Gasteiger partial charge in [-0.05, 0) is 41.4 Å². The van der Waals surface area contributed by atoms with Crippen LogP contribution >= 0.6 is 11.9 Å². The summed E-state index contributed by atoms with van der Waals surface area (Å²) in [6.07, 6.45) is -0.135. The minimum atomic E-state index is -0.135. The number of rotatable bonds is 0. The first kappa shape index (κ1) is 14.2. The lowest BCUT2D eigenvalue weighted by molar-refractivity contribution is -0.113. The zero-order chi connectivity index (χ0) is 13.9. The quantitative estimate of drug-likeness (QED) is 0.597. The van der Waals surface area contributed by atoms with Crippen molar-refractivity contribution in [3.05, 3.63) is 0 Å². The first-order chi connectivity index (χ1) is 8.95. The molecule has 0 aromatic rings. The topological polar surface area (TPSA) is 44.3 Å². The van der Waals surface area contributed by atoms with Crippen LogP contribution in [0.3, 0.4) is 0 Å². The van der Waals surface area contributed by atoms with E-state index in [1.807, 2.05) is 11.9 Å². The predicted molar refractivity (Wildman–Crippen MR) is 80.2 cm³/mol. The maximum Gasteiger partial charge on any atom is 0.0603 e. The Morgan fingerprint density at radius 2 is 1.47 bits per heavy atom. The predicted octanol–water partition coefficient (Wildman–Crippen LogP) is 2.28. The molecule has 3 rings (SSSR count). The molecule has 3 N–H and O–H groups in total. The Labute approximate surface area is 121 Å². The van der Waals surface area contributed by atoms with Gasteiger partial charge >= 0.3 is 0 Å². The molecule has 3 fully saturated rings. The molecule has 0 amide bonds. The van der Waals surface area contributed by atoms with Gasteiger partial charge in [-0.1, -0.05) is 46.6 Å². The number of hydrogen-bond donors (Lipinski definition) is 3.